The Bertz CT molecular complexity index is 1210. The van der Waals surface area contributed by atoms with Gasteiger partial charge in [-0.2, -0.15) is 5.10 Å². The van der Waals surface area contributed by atoms with E-state index in [9.17, 15) is 4.79 Å². The summed E-state index contributed by atoms with van der Waals surface area (Å²) >= 11 is 0. The van der Waals surface area contributed by atoms with Gasteiger partial charge in [0.15, 0.2) is 11.5 Å². The van der Waals surface area contributed by atoms with Gasteiger partial charge in [0.25, 0.3) is 5.91 Å². The minimum Gasteiger partial charge on any atom is -0.490 e. The van der Waals surface area contributed by atoms with Crippen molar-refractivity contribution in [3.63, 3.8) is 0 Å². The van der Waals surface area contributed by atoms with Crippen LogP contribution in [0.5, 0.6) is 11.5 Å². The topological polar surface area (TPSA) is 89.8 Å². The summed E-state index contributed by atoms with van der Waals surface area (Å²) in [6, 6.07) is 13.3. The third-order valence-corrected chi connectivity index (χ3v) is 5.93. The number of aryl methyl sites for hydroxylation is 2. The maximum absolute atomic E-state index is 13.2. The molecule has 36 heavy (non-hydrogen) atoms. The van der Waals surface area contributed by atoms with E-state index in [-0.39, 0.29) is 5.91 Å². The number of hydrogen-bond acceptors (Lipinski definition) is 5. The second-order valence-electron chi connectivity index (χ2n) is 8.82. The van der Waals surface area contributed by atoms with Gasteiger partial charge in [-0.1, -0.05) is 26.0 Å². The van der Waals surface area contributed by atoms with Crippen molar-refractivity contribution in [1.29, 1.82) is 0 Å². The van der Waals surface area contributed by atoms with E-state index in [1.165, 1.54) is 5.56 Å². The highest BCUT2D eigenvalue weighted by Crippen LogP contribution is 2.28. The number of carbonyl (C=O) groups is 1. The van der Waals surface area contributed by atoms with Crippen LogP contribution >= 0.6 is 0 Å². The largest absolute Gasteiger partial charge is 0.490 e. The van der Waals surface area contributed by atoms with Crippen LogP contribution < -0.4 is 20.1 Å². The molecule has 8 nitrogen and oxygen atoms in total. The van der Waals surface area contributed by atoms with E-state index in [0.717, 1.165) is 22.6 Å². The number of rotatable bonds is 9. The Hall–Kier alpha value is -3.81. The average molecular weight is 492 g/mol. The molecule has 1 aromatic heterocycles. The lowest BCUT2D eigenvalue weighted by molar-refractivity contribution is 0.0976. The van der Waals surface area contributed by atoms with Gasteiger partial charge >= 0.3 is 0 Å². The molecule has 3 rings (SSSR count). The van der Waals surface area contributed by atoms with Gasteiger partial charge in [-0.25, -0.2) is 4.99 Å². The molecule has 2 aromatic carbocycles. The molecule has 3 aromatic rings. The van der Waals surface area contributed by atoms with E-state index in [4.69, 9.17) is 14.5 Å². The molecule has 0 aliphatic carbocycles. The third kappa shape index (κ3) is 6.65. The number of nitrogens with one attached hydrogen (secondary N) is 2. The number of guanidine groups is 1. The Morgan fingerprint density at radius 1 is 1.03 bits per heavy atom. The molecular formula is C28H37N5O3. The second kappa shape index (κ2) is 12.2. The van der Waals surface area contributed by atoms with E-state index >= 15 is 0 Å². The van der Waals surface area contributed by atoms with Crippen molar-refractivity contribution in [1.82, 2.24) is 15.1 Å². The van der Waals surface area contributed by atoms with E-state index in [1.807, 2.05) is 51.6 Å². The molecule has 192 valence electrons. The third-order valence-electron chi connectivity index (χ3n) is 5.93. The molecule has 8 heteroatoms. The Kier molecular flexibility index (Phi) is 9.11. The fourth-order valence-electron chi connectivity index (χ4n) is 3.77. The molecule has 0 atom stereocenters. The summed E-state index contributed by atoms with van der Waals surface area (Å²) in [7, 11) is 1.91. The number of benzene rings is 2. The number of ether oxygens (including phenoxy) is 2. The predicted octanol–water partition coefficient (Wildman–Crippen LogP) is 5.36. The van der Waals surface area contributed by atoms with Gasteiger partial charge in [0.2, 0.25) is 5.96 Å². The van der Waals surface area contributed by atoms with E-state index in [2.05, 4.69) is 41.7 Å². The van der Waals surface area contributed by atoms with Crippen molar-refractivity contribution in [2.75, 3.05) is 18.5 Å². The fraction of sp³-hybridized carbons (Fsp3) is 0.393. The molecule has 0 radical (unpaired) electrons. The smallest absolute Gasteiger partial charge is 0.258 e. The quantitative estimate of drug-likeness (QED) is 0.311. The monoisotopic (exact) mass is 491 g/mol. The highest BCUT2D eigenvalue weighted by molar-refractivity contribution is 6.10. The van der Waals surface area contributed by atoms with E-state index in [0.29, 0.717) is 48.7 Å². The molecule has 0 spiro atoms. The molecule has 1 heterocycles. The summed E-state index contributed by atoms with van der Waals surface area (Å²) in [6.07, 6.45) is 0. The van der Waals surface area contributed by atoms with Crippen molar-refractivity contribution < 1.29 is 14.3 Å². The van der Waals surface area contributed by atoms with E-state index < -0.39 is 0 Å². The standard InChI is InChI=1S/C28H37N5O3/c1-8-35-25-15-12-22(16-26(25)36-9-2)27(34)31-28(29-17-24-19(5)32-33(7)20(24)6)30-23-13-10-21(11-14-23)18(3)4/h10-16,18H,8-9,17H2,1-7H3,(H2,29,30,31,34). The first-order valence-corrected chi connectivity index (χ1v) is 12.3. The molecule has 2 N–H and O–H groups in total. The highest BCUT2D eigenvalue weighted by atomic mass is 16.5. The Labute approximate surface area is 213 Å². The molecule has 0 saturated heterocycles. The van der Waals surface area contributed by atoms with Crippen LogP contribution in [-0.4, -0.2) is 34.9 Å². The predicted molar refractivity (Wildman–Crippen MR) is 144 cm³/mol. The van der Waals surface area contributed by atoms with Crippen molar-refractivity contribution in [3.05, 3.63) is 70.5 Å². The van der Waals surface area contributed by atoms with Crippen molar-refractivity contribution in [3.8, 4) is 11.5 Å². The van der Waals surface area contributed by atoms with Gasteiger partial charge in [-0.3, -0.25) is 14.8 Å². The lowest BCUT2D eigenvalue weighted by Crippen LogP contribution is -2.36. The first-order valence-electron chi connectivity index (χ1n) is 12.3. The molecule has 0 saturated carbocycles. The Morgan fingerprint density at radius 2 is 1.69 bits per heavy atom. The van der Waals surface area contributed by atoms with Crippen LogP contribution in [-0.2, 0) is 13.6 Å². The first-order chi connectivity index (χ1) is 17.2. The molecule has 1 amide bonds. The van der Waals surface area contributed by atoms with Gasteiger partial charge in [0.1, 0.15) is 0 Å². The minimum atomic E-state index is -0.302. The SMILES string of the molecule is CCOc1ccc(C(=O)NC(=NCc2c(C)nn(C)c2C)Nc2ccc(C(C)C)cc2)cc1OCC. The van der Waals surface area contributed by atoms with Gasteiger partial charge in [0.05, 0.1) is 25.5 Å². The van der Waals surface area contributed by atoms with Crippen molar-refractivity contribution in [2.24, 2.45) is 12.0 Å². The molecule has 0 aliphatic heterocycles. The zero-order valence-corrected chi connectivity index (χ0v) is 22.3. The van der Waals surface area contributed by atoms with Crippen LogP contribution in [0.15, 0.2) is 47.5 Å². The van der Waals surface area contributed by atoms with Crippen molar-refractivity contribution in [2.45, 2.75) is 54.0 Å². The van der Waals surface area contributed by atoms with Gasteiger partial charge in [-0.05, 0) is 69.5 Å². The van der Waals surface area contributed by atoms with Crippen LogP contribution in [0.1, 0.15) is 66.5 Å². The second-order valence-corrected chi connectivity index (χ2v) is 8.82. The summed E-state index contributed by atoms with van der Waals surface area (Å²) in [5, 5.41) is 10.7. The summed E-state index contributed by atoms with van der Waals surface area (Å²) < 4.78 is 13.1. The summed E-state index contributed by atoms with van der Waals surface area (Å²) in [5.74, 6) is 1.62. The number of nitrogens with zero attached hydrogens (tertiary/aromatic N) is 3. The van der Waals surface area contributed by atoms with Crippen LogP contribution in [0.3, 0.4) is 0 Å². The lowest BCUT2D eigenvalue weighted by Gasteiger charge is -2.15. The Morgan fingerprint density at radius 3 is 2.28 bits per heavy atom. The minimum absolute atomic E-state index is 0.302. The molecule has 0 unspecified atom stereocenters. The van der Waals surface area contributed by atoms with Crippen LogP contribution in [0.25, 0.3) is 0 Å². The number of carbonyl (C=O) groups excluding carboxylic acids is 1. The fourth-order valence-corrected chi connectivity index (χ4v) is 3.77. The normalized spacial score (nSPS) is 11.5. The molecule has 0 bridgehead atoms. The van der Waals surface area contributed by atoms with Gasteiger partial charge in [0, 0.05) is 29.6 Å². The number of amides is 1. The maximum atomic E-state index is 13.2. The first kappa shape index (κ1) is 26.8. The number of aliphatic imine (C=N–C) groups is 1. The summed E-state index contributed by atoms with van der Waals surface area (Å²) in [5.41, 5.74) is 5.50. The van der Waals surface area contributed by atoms with Gasteiger partial charge in [-0.15, -0.1) is 0 Å². The van der Waals surface area contributed by atoms with Gasteiger partial charge < -0.3 is 14.8 Å². The number of anilines is 1. The summed E-state index contributed by atoms with van der Waals surface area (Å²) in [6.45, 7) is 13.4. The zero-order valence-electron chi connectivity index (χ0n) is 22.3. The Balaban J connectivity index is 1.88. The molecule has 0 aliphatic rings. The summed E-state index contributed by atoms with van der Waals surface area (Å²) in [4.78, 5) is 17.9. The lowest BCUT2D eigenvalue weighted by atomic mass is 10.0. The number of hydrogen-bond donors (Lipinski definition) is 2. The average Bonchev–Trinajstić information content (AvgIpc) is 3.09. The van der Waals surface area contributed by atoms with E-state index in [1.54, 1.807) is 18.2 Å². The number of aromatic nitrogens is 2. The maximum Gasteiger partial charge on any atom is 0.258 e. The van der Waals surface area contributed by atoms with Crippen LogP contribution in [0.2, 0.25) is 0 Å². The molecule has 0 fully saturated rings. The molecular weight excluding hydrogens is 454 g/mol. The van der Waals surface area contributed by atoms with Crippen molar-refractivity contribution >= 4 is 17.6 Å². The van der Waals surface area contributed by atoms with Crippen LogP contribution in [0.4, 0.5) is 5.69 Å². The zero-order chi connectivity index (χ0) is 26.2. The van der Waals surface area contributed by atoms with Crippen LogP contribution in [0, 0.1) is 13.8 Å². The highest BCUT2D eigenvalue weighted by Gasteiger charge is 2.15.